The van der Waals surface area contributed by atoms with Gasteiger partial charge in [-0.25, -0.2) is 4.79 Å². The summed E-state index contributed by atoms with van der Waals surface area (Å²) in [6.07, 6.45) is 2.04. The van der Waals surface area contributed by atoms with Gasteiger partial charge in [-0.15, -0.1) is 0 Å². The summed E-state index contributed by atoms with van der Waals surface area (Å²) in [5.41, 5.74) is 1.31. The molecule has 0 unspecified atom stereocenters. The molecule has 2 rings (SSSR count). The number of nitrogens with zero attached hydrogens (tertiary/aromatic N) is 2. The molecule has 0 aliphatic rings. The van der Waals surface area contributed by atoms with Crippen LogP contribution in [0.25, 0.3) is 0 Å². The Balaban J connectivity index is 1.92. The summed E-state index contributed by atoms with van der Waals surface area (Å²) in [5.74, 6) is 1.32. The first kappa shape index (κ1) is 17.4. The smallest absolute Gasteiger partial charge is 0.321 e. The summed E-state index contributed by atoms with van der Waals surface area (Å²) in [5, 5.41) is 11.6. The first-order valence-corrected chi connectivity index (χ1v) is 7.92. The van der Waals surface area contributed by atoms with Crippen molar-refractivity contribution >= 4 is 11.7 Å². The topological polar surface area (TPSA) is 65.4 Å². The Morgan fingerprint density at radius 2 is 1.71 bits per heavy atom. The first-order chi connectivity index (χ1) is 11.6. The van der Waals surface area contributed by atoms with Crippen molar-refractivity contribution in [2.45, 2.75) is 19.8 Å². The van der Waals surface area contributed by atoms with Gasteiger partial charge in [-0.3, -0.25) is 0 Å². The highest BCUT2D eigenvalue weighted by atomic mass is 16.5. The number of benzene rings is 2. The molecule has 2 aromatic rings. The highest BCUT2D eigenvalue weighted by Gasteiger charge is 2.08. The Morgan fingerprint density at radius 1 is 1.12 bits per heavy atom. The summed E-state index contributed by atoms with van der Waals surface area (Å²) in [6.45, 7) is 2.83. The van der Waals surface area contributed by atoms with Crippen LogP contribution in [0.3, 0.4) is 0 Å². The lowest BCUT2D eigenvalue weighted by Crippen LogP contribution is -2.32. The Morgan fingerprint density at radius 3 is 2.25 bits per heavy atom. The van der Waals surface area contributed by atoms with Crippen molar-refractivity contribution in [2.75, 3.05) is 18.9 Å². The number of amides is 2. The lowest BCUT2D eigenvalue weighted by Gasteiger charge is -2.17. The molecule has 2 amide bonds. The van der Waals surface area contributed by atoms with E-state index in [4.69, 9.17) is 10.00 Å². The predicted octanol–water partition coefficient (Wildman–Crippen LogP) is 4.61. The molecule has 124 valence electrons. The van der Waals surface area contributed by atoms with Gasteiger partial charge < -0.3 is 15.0 Å². The largest absolute Gasteiger partial charge is 0.457 e. The van der Waals surface area contributed by atoms with Crippen molar-refractivity contribution in [2.24, 2.45) is 0 Å². The number of nitriles is 1. The normalized spacial score (nSPS) is 9.88. The molecular weight excluding hydrogens is 302 g/mol. The second-order valence-corrected chi connectivity index (χ2v) is 5.47. The molecule has 0 aliphatic heterocycles. The molecule has 0 heterocycles. The van der Waals surface area contributed by atoms with Crippen LogP contribution in [0, 0.1) is 11.3 Å². The van der Waals surface area contributed by atoms with E-state index in [0.717, 1.165) is 25.1 Å². The third-order valence-electron chi connectivity index (χ3n) is 3.52. The van der Waals surface area contributed by atoms with E-state index in [2.05, 4.69) is 18.3 Å². The second kappa shape index (κ2) is 8.59. The number of nitrogens with one attached hydrogen (secondary N) is 1. The van der Waals surface area contributed by atoms with Gasteiger partial charge in [0.1, 0.15) is 11.5 Å². The van der Waals surface area contributed by atoms with Crippen LogP contribution in [-0.2, 0) is 0 Å². The van der Waals surface area contributed by atoms with E-state index in [9.17, 15) is 4.79 Å². The minimum absolute atomic E-state index is 0.121. The van der Waals surface area contributed by atoms with Gasteiger partial charge in [-0.1, -0.05) is 13.3 Å². The van der Waals surface area contributed by atoms with E-state index in [-0.39, 0.29) is 6.03 Å². The van der Waals surface area contributed by atoms with Gasteiger partial charge in [0.25, 0.3) is 0 Å². The molecule has 5 nitrogen and oxygen atoms in total. The van der Waals surface area contributed by atoms with Gasteiger partial charge in [-0.05, 0) is 55.0 Å². The summed E-state index contributed by atoms with van der Waals surface area (Å²) >= 11 is 0. The molecule has 0 aromatic heterocycles. The van der Waals surface area contributed by atoms with Gasteiger partial charge in [0.15, 0.2) is 0 Å². The number of ether oxygens (including phenoxy) is 1. The van der Waals surface area contributed by atoms with E-state index in [1.807, 2.05) is 0 Å². The maximum absolute atomic E-state index is 12.0. The minimum atomic E-state index is -0.121. The van der Waals surface area contributed by atoms with E-state index >= 15 is 0 Å². The van der Waals surface area contributed by atoms with Crippen LogP contribution in [0.2, 0.25) is 0 Å². The molecule has 0 saturated carbocycles. The first-order valence-electron chi connectivity index (χ1n) is 7.92. The number of hydrogen-bond donors (Lipinski definition) is 1. The van der Waals surface area contributed by atoms with Crippen molar-refractivity contribution in [3.63, 3.8) is 0 Å². The number of unbranched alkanes of at least 4 members (excludes halogenated alkanes) is 1. The van der Waals surface area contributed by atoms with Gasteiger partial charge >= 0.3 is 6.03 Å². The highest BCUT2D eigenvalue weighted by Crippen LogP contribution is 2.23. The number of rotatable bonds is 6. The molecule has 1 N–H and O–H groups in total. The molecule has 0 spiro atoms. The van der Waals surface area contributed by atoms with Crippen LogP contribution in [0.15, 0.2) is 48.5 Å². The summed E-state index contributed by atoms with van der Waals surface area (Å²) in [4.78, 5) is 13.7. The fraction of sp³-hybridized carbons (Fsp3) is 0.263. The quantitative estimate of drug-likeness (QED) is 0.844. The molecule has 24 heavy (non-hydrogen) atoms. The molecule has 0 bridgehead atoms. The van der Waals surface area contributed by atoms with E-state index in [1.54, 1.807) is 60.5 Å². The second-order valence-electron chi connectivity index (χ2n) is 5.47. The summed E-state index contributed by atoms with van der Waals surface area (Å²) in [7, 11) is 1.79. The van der Waals surface area contributed by atoms with Crippen LogP contribution in [0.5, 0.6) is 11.5 Å². The summed E-state index contributed by atoms with van der Waals surface area (Å²) < 4.78 is 5.71. The zero-order valence-corrected chi connectivity index (χ0v) is 14.0. The van der Waals surface area contributed by atoms with Crippen LogP contribution in [0.4, 0.5) is 10.5 Å². The lowest BCUT2D eigenvalue weighted by atomic mass is 10.2. The molecule has 0 fully saturated rings. The third kappa shape index (κ3) is 5.03. The number of hydrogen-bond acceptors (Lipinski definition) is 3. The Labute approximate surface area is 142 Å². The monoisotopic (exact) mass is 323 g/mol. The van der Waals surface area contributed by atoms with Crippen LogP contribution in [-0.4, -0.2) is 24.5 Å². The Hall–Kier alpha value is -3.00. The standard InChI is InChI=1S/C19H21N3O2/c1-3-4-13-22(2)19(23)21-16-7-11-18(12-8-16)24-17-9-5-15(14-20)6-10-17/h5-12H,3-4,13H2,1-2H3,(H,21,23). The van der Waals surface area contributed by atoms with Crippen molar-refractivity contribution in [1.29, 1.82) is 5.26 Å². The van der Waals surface area contributed by atoms with Crippen LogP contribution >= 0.6 is 0 Å². The lowest BCUT2D eigenvalue weighted by molar-refractivity contribution is 0.222. The molecule has 0 radical (unpaired) electrons. The maximum atomic E-state index is 12.0. The number of carbonyl (C=O) groups excluding carboxylic acids is 1. The molecule has 0 aliphatic carbocycles. The average molecular weight is 323 g/mol. The van der Waals surface area contributed by atoms with Gasteiger partial charge in [0, 0.05) is 19.3 Å². The Bertz CT molecular complexity index is 703. The van der Waals surface area contributed by atoms with Crippen molar-refractivity contribution in [1.82, 2.24) is 4.90 Å². The number of urea groups is 1. The number of anilines is 1. The fourth-order valence-corrected chi connectivity index (χ4v) is 2.06. The zero-order chi connectivity index (χ0) is 17.4. The zero-order valence-electron chi connectivity index (χ0n) is 14.0. The van der Waals surface area contributed by atoms with Crippen LogP contribution in [0.1, 0.15) is 25.3 Å². The third-order valence-corrected chi connectivity index (χ3v) is 3.52. The number of carbonyl (C=O) groups is 1. The average Bonchev–Trinajstić information content (AvgIpc) is 2.62. The summed E-state index contributed by atoms with van der Waals surface area (Å²) in [6, 6.07) is 16.0. The maximum Gasteiger partial charge on any atom is 0.321 e. The minimum Gasteiger partial charge on any atom is -0.457 e. The van der Waals surface area contributed by atoms with Crippen molar-refractivity contribution < 1.29 is 9.53 Å². The van der Waals surface area contributed by atoms with Crippen molar-refractivity contribution in [3.8, 4) is 17.6 Å². The van der Waals surface area contributed by atoms with Crippen molar-refractivity contribution in [3.05, 3.63) is 54.1 Å². The van der Waals surface area contributed by atoms with Gasteiger partial charge in [0.2, 0.25) is 0 Å². The molecule has 0 saturated heterocycles. The van der Waals surface area contributed by atoms with Gasteiger partial charge in [-0.2, -0.15) is 5.26 Å². The van der Waals surface area contributed by atoms with E-state index < -0.39 is 0 Å². The van der Waals surface area contributed by atoms with E-state index in [1.165, 1.54) is 0 Å². The SMILES string of the molecule is CCCCN(C)C(=O)Nc1ccc(Oc2ccc(C#N)cc2)cc1. The molecule has 2 aromatic carbocycles. The Kier molecular flexibility index (Phi) is 6.21. The molecular formula is C19H21N3O2. The highest BCUT2D eigenvalue weighted by molar-refractivity contribution is 5.89. The molecule has 0 atom stereocenters. The van der Waals surface area contributed by atoms with Crippen LogP contribution < -0.4 is 10.1 Å². The van der Waals surface area contributed by atoms with E-state index in [0.29, 0.717) is 17.1 Å². The molecule has 5 heteroatoms. The van der Waals surface area contributed by atoms with Gasteiger partial charge in [0.05, 0.1) is 11.6 Å². The fourth-order valence-electron chi connectivity index (χ4n) is 2.06. The predicted molar refractivity (Wildman–Crippen MR) is 94.2 cm³/mol.